The van der Waals surface area contributed by atoms with Gasteiger partial charge in [0.1, 0.15) is 20.5 Å². The molecule has 2 rings (SSSR count). The number of hydrogen-bond acceptors (Lipinski definition) is 8. The van der Waals surface area contributed by atoms with E-state index in [2.05, 4.69) is 20.7 Å². The van der Waals surface area contributed by atoms with Gasteiger partial charge in [0, 0.05) is 17.7 Å². The highest BCUT2D eigenvalue weighted by Gasteiger charge is 2.10. The van der Waals surface area contributed by atoms with Crippen LogP contribution in [0.5, 0.6) is 0 Å². The van der Waals surface area contributed by atoms with E-state index in [1.165, 1.54) is 17.6 Å². The summed E-state index contributed by atoms with van der Waals surface area (Å²) in [6.07, 6.45) is 1.20. The number of sulfone groups is 1. The predicted molar refractivity (Wildman–Crippen MR) is 78.2 cm³/mol. The van der Waals surface area contributed by atoms with Crippen LogP contribution in [0.2, 0.25) is 0 Å². The molecule has 9 heteroatoms. The third-order valence-corrected chi connectivity index (χ3v) is 4.30. The van der Waals surface area contributed by atoms with Crippen LogP contribution in [0, 0.1) is 6.92 Å². The molecule has 4 N–H and O–H groups in total. The smallest absolute Gasteiger partial charge is 0.240 e. The van der Waals surface area contributed by atoms with Gasteiger partial charge in [-0.25, -0.2) is 19.2 Å². The second-order valence-electron chi connectivity index (χ2n) is 4.17. The molecule has 0 amide bonds. The third kappa shape index (κ3) is 3.52. The maximum atomic E-state index is 11.1. The Morgan fingerprint density at radius 3 is 2.79 bits per heavy atom. The van der Waals surface area contributed by atoms with E-state index >= 15 is 0 Å². The Morgan fingerprint density at radius 1 is 1.42 bits per heavy atom. The lowest BCUT2D eigenvalue weighted by Gasteiger charge is -2.07. The number of thiophene rings is 1. The zero-order valence-electron chi connectivity index (χ0n) is 10.6. The topological polar surface area (TPSA) is 110 Å². The lowest BCUT2D eigenvalue weighted by atomic mass is 10.3. The van der Waals surface area contributed by atoms with Crippen molar-refractivity contribution in [3.63, 3.8) is 0 Å². The highest BCUT2D eigenvalue weighted by molar-refractivity contribution is 7.90. The zero-order chi connectivity index (χ0) is 14.0. The van der Waals surface area contributed by atoms with Gasteiger partial charge in [-0.1, -0.05) is 0 Å². The van der Waals surface area contributed by atoms with Crippen LogP contribution in [0.3, 0.4) is 0 Å². The van der Waals surface area contributed by atoms with Gasteiger partial charge in [-0.3, -0.25) is 5.43 Å². The summed E-state index contributed by atoms with van der Waals surface area (Å²) in [5, 5.41) is 3.88. The number of rotatable bonds is 5. The van der Waals surface area contributed by atoms with E-state index in [-0.39, 0.29) is 5.75 Å². The predicted octanol–water partition coefficient (Wildman–Crippen LogP) is 0.742. The molecule has 0 bridgehead atoms. The molecule has 0 unspecified atom stereocenters. The van der Waals surface area contributed by atoms with Crippen molar-refractivity contribution in [2.45, 2.75) is 6.92 Å². The number of nitrogens with two attached hydrogens (primary N) is 1. The molecule has 2 heterocycles. The summed E-state index contributed by atoms with van der Waals surface area (Å²) in [6, 6.07) is 1.96. The van der Waals surface area contributed by atoms with Gasteiger partial charge in [-0.05, 0) is 13.0 Å². The Kier molecular flexibility index (Phi) is 3.88. The fraction of sp³-hybridized carbons (Fsp3) is 0.400. The Labute approximate surface area is 115 Å². The first-order valence-electron chi connectivity index (χ1n) is 5.55. The van der Waals surface area contributed by atoms with E-state index in [9.17, 15) is 8.42 Å². The molecule has 19 heavy (non-hydrogen) atoms. The van der Waals surface area contributed by atoms with Gasteiger partial charge in [-0.15, -0.1) is 11.3 Å². The van der Waals surface area contributed by atoms with Crippen LogP contribution in [-0.2, 0) is 9.84 Å². The molecule has 0 spiro atoms. The first-order chi connectivity index (χ1) is 8.89. The van der Waals surface area contributed by atoms with Gasteiger partial charge in [0.25, 0.3) is 0 Å². The quantitative estimate of drug-likeness (QED) is 0.552. The largest absolute Gasteiger partial charge is 0.368 e. The Balaban J connectivity index is 2.30. The minimum Gasteiger partial charge on any atom is -0.368 e. The van der Waals surface area contributed by atoms with Crippen LogP contribution in [0.25, 0.3) is 10.2 Å². The van der Waals surface area contributed by atoms with Gasteiger partial charge in [0.15, 0.2) is 0 Å². The minimum absolute atomic E-state index is 0.0486. The SMILES string of the molecule is Cc1cc2c(NCCS(C)(=O)=O)nc(NN)nc2s1. The fourth-order valence-corrected chi connectivity index (χ4v) is 2.95. The average molecular weight is 301 g/mol. The van der Waals surface area contributed by atoms with Crippen LogP contribution in [-0.4, -0.2) is 36.9 Å². The van der Waals surface area contributed by atoms with E-state index in [4.69, 9.17) is 5.84 Å². The van der Waals surface area contributed by atoms with Crippen LogP contribution in [0.1, 0.15) is 4.88 Å². The normalized spacial score (nSPS) is 11.7. The molecular formula is C10H15N5O2S2. The molecule has 0 saturated heterocycles. The van der Waals surface area contributed by atoms with Gasteiger partial charge in [-0.2, -0.15) is 4.98 Å². The van der Waals surface area contributed by atoms with E-state index < -0.39 is 9.84 Å². The first kappa shape index (κ1) is 14.0. The summed E-state index contributed by atoms with van der Waals surface area (Å²) in [6.45, 7) is 2.27. The average Bonchev–Trinajstić information content (AvgIpc) is 2.67. The number of anilines is 2. The van der Waals surface area contributed by atoms with Crippen molar-refractivity contribution in [3.8, 4) is 0 Å². The summed E-state index contributed by atoms with van der Waals surface area (Å²) in [4.78, 5) is 10.4. The maximum absolute atomic E-state index is 11.1. The molecule has 0 saturated carbocycles. The molecule has 0 radical (unpaired) electrons. The van der Waals surface area contributed by atoms with Crippen LogP contribution in [0.4, 0.5) is 11.8 Å². The second kappa shape index (κ2) is 5.27. The van der Waals surface area contributed by atoms with Gasteiger partial charge < -0.3 is 5.32 Å². The van der Waals surface area contributed by atoms with Crippen molar-refractivity contribution in [1.82, 2.24) is 9.97 Å². The highest BCUT2D eigenvalue weighted by Crippen LogP contribution is 2.29. The van der Waals surface area contributed by atoms with Gasteiger partial charge in [0.2, 0.25) is 5.95 Å². The van der Waals surface area contributed by atoms with Crippen molar-refractivity contribution < 1.29 is 8.42 Å². The molecule has 0 aromatic carbocycles. The number of aromatic nitrogens is 2. The molecule has 0 atom stereocenters. The number of hydrogen-bond donors (Lipinski definition) is 3. The van der Waals surface area contributed by atoms with E-state index in [1.807, 2.05) is 13.0 Å². The molecule has 7 nitrogen and oxygen atoms in total. The highest BCUT2D eigenvalue weighted by atomic mass is 32.2. The van der Waals surface area contributed by atoms with Crippen molar-refractivity contribution in [2.75, 3.05) is 29.3 Å². The number of nitrogen functional groups attached to an aromatic ring is 1. The molecule has 2 aromatic heterocycles. The van der Waals surface area contributed by atoms with Crippen LogP contribution < -0.4 is 16.6 Å². The number of nitrogens with zero attached hydrogens (tertiary/aromatic N) is 2. The molecule has 0 fully saturated rings. The zero-order valence-corrected chi connectivity index (χ0v) is 12.2. The van der Waals surface area contributed by atoms with Crippen molar-refractivity contribution in [3.05, 3.63) is 10.9 Å². The molecule has 0 aliphatic carbocycles. The van der Waals surface area contributed by atoms with Crippen molar-refractivity contribution >= 4 is 43.2 Å². The molecule has 0 aliphatic rings. The maximum Gasteiger partial charge on any atom is 0.240 e. The standard InChI is InChI=1S/C10H15N5O2S2/c1-6-5-7-8(12-3-4-19(2,16)17)13-10(15-11)14-9(7)18-6/h5H,3-4,11H2,1-2H3,(H2,12,13,14,15). The van der Waals surface area contributed by atoms with Crippen LogP contribution >= 0.6 is 11.3 Å². The number of nitrogens with one attached hydrogen (secondary N) is 2. The summed E-state index contributed by atoms with van der Waals surface area (Å²) in [7, 11) is -3.00. The Bertz CT molecular complexity index is 695. The van der Waals surface area contributed by atoms with E-state index in [0.717, 1.165) is 15.1 Å². The molecule has 104 valence electrons. The van der Waals surface area contributed by atoms with Gasteiger partial charge >= 0.3 is 0 Å². The number of fused-ring (bicyclic) bond motifs is 1. The molecule has 0 aliphatic heterocycles. The monoisotopic (exact) mass is 301 g/mol. The summed E-state index contributed by atoms with van der Waals surface area (Å²) in [5.74, 6) is 6.26. The second-order valence-corrected chi connectivity index (χ2v) is 7.67. The third-order valence-electron chi connectivity index (χ3n) is 2.41. The van der Waals surface area contributed by atoms with E-state index in [1.54, 1.807) is 0 Å². The lowest BCUT2D eigenvalue weighted by Crippen LogP contribution is -2.16. The molecule has 2 aromatic rings. The summed E-state index contributed by atoms with van der Waals surface area (Å²) < 4.78 is 22.2. The van der Waals surface area contributed by atoms with E-state index in [0.29, 0.717) is 18.3 Å². The summed E-state index contributed by atoms with van der Waals surface area (Å²) >= 11 is 1.53. The minimum atomic E-state index is -3.00. The van der Waals surface area contributed by atoms with Crippen molar-refractivity contribution in [1.29, 1.82) is 0 Å². The van der Waals surface area contributed by atoms with Gasteiger partial charge in [0.05, 0.1) is 11.1 Å². The van der Waals surface area contributed by atoms with Crippen molar-refractivity contribution in [2.24, 2.45) is 5.84 Å². The Morgan fingerprint density at radius 2 is 2.16 bits per heavy atom. The first-order valence-corrected chi connectivity index (χ1v) is 8.43. The fourth-order valence-electron chi connectivity index (χ4n) is 1.60. The lowest BCUT2D eigenvalue weighted by molar-refractivity contribution is 0.602. The number of aryl methyl sites for hydroxylation is 1. The summed E-state index contributed by atoms with van der Waals surface area (Å²) in [5.41, 5.74) is 2.40. The number of hydrazine groups is 1. The Hall–Kier alpha value is -1.45. The molecular weight excluding hydrogens is 286 g/mol. The van der Waals surface area contributed by atoms with Crippen LogP contribution in [0.15, 0.2) is 6.07 Å².